The molecular weight excluding hydrogens is 304 g/mol. The zero-order valence-electron chi connectivity index (χ0n) is 13.9. The van der Waals surface area contributed by atoms with Gasteiger partial charge in [0.1, 0.15) is 5.82 Å². The highest BCUT2D eigenvalue weighted by atomic mass is 16.4. The molecule has 0 saturated carbocycles. The average molecular weight is 326 g/mol. The molecule has 1 aliphatic rings. The molecule has 3 heterocycles. The van der Waals surface area contributed by atoms with Crippen LogP contribution in [-0.4, -0.2) is 39.1 Å². The number of aryl methyl sites for hydroxylation is 1. The number of aliphatic carboxylic acids is 1. The van der Waals surface area contributed by atoms with Gasteiger partial charge in [-0.15, -0.1) is 0 Å². The Balaban J connectivity index is 1.87. The fraction of sp³-hybridized carbons (Fsp3) is 0.444. The summed E-state index contributed by atoms with van der Waals surface area (Å²) in [6, 6.07) is 5.85. The Morgan fingerprint density at radius 2 is 1.96 bits per heavy atom. The second-order valence-electron chi connectivity index (χ2n) is 6.13. The predicted molar refractivity (Wildman–Crippen MR) is 91.8 cm³/mol. The molecule has 1 aliphatic heterocycles. The quantitative estimate of drug-likeness (QED) is 0.910. The first-order chi connectivity index (χ1) is 11.7. The van der Waals surface area contributed by atoms with Gasteiger partial charge in [-0.05, 0) is 31.4 Å². The highest BCUT2D eigenvalue weighted by Crippen LogP contribution is 2.25. The molecule has 2 aromatic rings. The van der Waals surface area contributed by atoms with Gasteiger partial charge in [0, 0.05) is 42.8 Å². The molecule has 0 unspecified atom stereocenters. The summed E-state index contributed by atoms with van der Waals surface area (Å²) in [5.41, 5.74) is 1.97. The van der Waals surface area contributed by atoms with Crippen molar-refractivity contribution in [1.29, 1.82) is 0 Å². The van der Waals surface area contributed by atoms with Crippen molar-refractivity contribution in [3.63, 3.8) is 0 Å². The maximum atomic E-state index is 11.1. The number of carbonyl (C=O) groups is 1. The number of hydrogen-bond acceptors (Lipinski definition) is 5. The molecule has 3 rings (SSSR count). The summed E-state index contributed by atoms with van der Waals surface area (Å²) < 4.78 is 0. The second kappa shape index (κ2) is 7.38. The SMILES string of the molecule is CCCc1cc(N2CCC(C(=O)O)CC2)nc(-c2ccncc2)n1. The van der Waals surface area contributed by atoms with E-state index in [0.717, 1.165) is 43.0 Å². The predicted octanol–water partition coefficient (Wildman–Crippen LogP) is 2.79. The number of rotatable bonds is 5. The molecule has 6 heteroatoms. The smallest absolute Gasteiger partial charge is 0.306 e. The summed E-state index contributed by atoms with van der Waals surface area (Å²) in [4.78, 5) is 26.7. The lowest BCUT2D eigenvalue weighted by Gasteiger charge is -2.31. The number of carboxylic acids is 1. The van der Waals surface area contributed by atoms with Gasteiger partial charge in [-0.2, -0.15) is 0 Å². The molecule has 6 nitrogen and oxygen atoms in total. The van der Waals surface area contributed by atoms with Gasteiger partial charge in [0.2, 0.25) is 0 Å². The number of carboxylic acid groups (broad SMARTS) is 1. The molecule has 0 atom stereocenters. The number of anilines is 1. The van der Waals surface area contributed by atoms with E-state index in [-0.39, 0.29) is 5.92 Å². The van der Waals surface area contributed by atoms with Crippen molar-refractivity contribution in [2.75, 3.05) is 18.0 Å². The molecular formula is C18H22N4O2. The number of piperidine rings is 1. The van der Waals surface area contributed by atoms with E-state index in [2.05, 4.69) is 21.8 Å². The molecule has 0 bridgehead atoms. The standard InChI is InChI=1S/C18H22N4O2/c1-2-3-15-12-16(22-10-6-14(7-11-22)18(23)24)21-17(20-15)13-4-8-19-9-5-13/h4-5,8-9,12,14H,2-3,6-7,10-11H2,1H3,(H,23,24). The molecule has 126 valence electrons. The summed E-state index contributed by atoms with van der Waals surface area (Å²) >= 11 is 0. The van der Waals surface area contributed by atoms with E-state index in [4.69, 9.17) is 10.1 Å². The van der Waals surface area contributed by atoms with Crippen molar-refractivity contribution in [3.8, 4) is 11.4 Å². The van der Waals surface area contributed by atoms with Crippen molar-refractivity contribution in [1.82, 2.24) is 15.0 Å². The molecule has 0 amide bonds. The summed E-state index contributed by atoms with van der Waals surface area (Å²) in [6.45, 7) is 3.57. The van der Waals surface area contributed by atoms with Gasteiger partial charge in [-0.3, -0.25) is 9.78 Å². The molecule has 1 fully saturated rings. The Kier molecular flexibility index (Phi) is 5.03. The highest BCUT2D eigenvalue weighted by Gasteiger charge is 2.25. The minimum absolute atomic E-state index is 0.238. The first-order valence-corrected chi connectivity index (χ1v) is 8.43. The highest BCUT2D eigenvalue weighted by molar-refractivity contribution is 5.70. The summed E-state index contributed by atoms with van der Waals surface area (Å²) in [5, 5.41) is 9.15. The molecule has 0 aromatic carbocycles. The molecule has 24 heavy (non-hydrogen) atoms. The lowest BCUT2D eigenvalue weighted by molar-refractivity contribution is -0.142. The van der Waals surface area contributed by atoms with Crippen LogP contribution in [0.1, 0.15) is 31.9 Å². The minimum atomic E-state index is -0.693. The third kappa shape index (κ3) is 3.69. The monoisotopic (exact) mass is 326 g/mol. The maximum absolute atomic E-state index is 11.1. The van der Waals surface area contributed by atoms with E-state index >= 15 is 0 Å². The van der Waals surface area contributed by atoms with E-state index in [1.165, 1.54) is 0 Å². The maximum Gasteiger partial charge on any atom is 0.306 e. The third-order valence-electron chi connectivity index (χ3n) is 4.38. The van der Waals surface area contributed by atoms with Crippen LogP contribution < -0.4 is 4.90 Å². The van der Waals surface area contributed by atoms with Gasteiger partial charge in [-0.1, -0.05) is 13.3 Å². The number of aromatic nitrogens is 3. The number of pyridine rings is 1. The lowest BCUT2D eigenvalue weighted by atomic mass is 9.97. The van der Waals surface area contributed by atoms with Crippen molar-refractivity contribution >= 4 is 11.8 Å². The van der Waals surface area contributed by atoms with Crippen LogP contribution in [-0.2, 0) is 11.2 Å². The van der Waals surface area contributed by atoms with Gasteiger partial charge in [0.05, 0.1) is 5.92 Å². The number of nitrogens with zero attached hydrogens (tertiary/aromatic N) is 4. The van der Waals surface area contributed by atoms with Crippen LogP contribution in [0.2, 0.25) is 0 Å². The van der Waals surface area contributed by atoms with E-state index < -0.39 is 5.97 Å². The van der Waals surface area contributed by atoms with Crippen LogP contribution in [0.5, 0.6) is 0 Å². The first kappa shape index (κ1) is 16.4. The molecule has 2 aromatic heterocycles. The summed E-state index contributed by atoms with van der Waals surface area (Å²) in [5.74, 6) is 0.669. The fourth-order valence-electron chi connectivity index (χ4n) is 3.01. The van der Waals surface area contributed by atoms with Gasteiger partial charge >= 0.3 is 5.97 Å². The topological polar surface area (TPSA) is 79.2 Å². The largest absolute Gasteiger partial charge is 0.481 e. The van der Waals surface area contributed by atoms with Gasteiger partial charge in [0.15, 0.2) is 5.82 Å². The third-order valence-corrected chi connectivity index (χ3v) is 4.38. The van der Waals surface area contributed by atoms with Crippen LogP contribution in [0.4, 0.5) is 5.82 Å². The lowest BCUT2D eigenvalue weighted by Crippen LogP contribution is -2.37. The van der Waals surface area contributed by atoms with Gasteiger partial charge in [-0.25, -0.2) is 9.97 Å². The van der Waals surface area contributed by atoms with Gasteiger partial charge in [0.25, 0.3) is 0 Å². The van der Waals surface area contributed by atoms with Crippen LogP contribution >= 0.6 is 0 Å². The van der Waals surface area contributed by atoms with Crippen molar-refractivity contribution in [2.45, 2.75) is 32.6 Å². The molecule has 0 aliphatic carbocycles. The Labute approximate surface area is 141 Å². The zero-order valence-corrected chi connectivity index (χ0v) is 13.9. The summed E-state index contributed by atoms with van der Waals surface area (Å²) in [6.07, 6.45) is 6.72. The van der Waals surface area contributed by atoms with E-state index in [1.807, 2.05) is 18.2 Å². The molecule has 0 spiro atoms. The average Bonchev–Trinajstić information content (AvgIpc) is 2.62. The second-order valence-corrected chi connectivity index (χ2v) is 6.13. The van der Waals surface area contributed by atoms with E-state index in [1.54, 1.807) is 12.4 Å². The molecule has 1 N–H and O–H groups in total. The Morgan fingerprint density at radius 1 is 1.25 bits per heavy atom. The minimum Gasteiger partial charge on any atom is -0.481 e. The van der Waals surface area contributed by atoms with Gasteiger partial charge < -0.3 is 10.0 Å². The van der Waals surface area contributed by atoms with E-state index in [0.29, 0.717) is 18.7 Å². The van der Waals surface area contributed by atoms with Crippen LogP contribution in [0.3, 0.4) is 0 Å². The van der Waals surface area contributed by atoms with Crippen LogP contribution in [0, 0.1) is 5.92 Å². The first-order valence-electron chi connectivity index (χ1n) is 8.43. The van der Waals surface area contributed by atoms with Crippen molar-refractivity contribution < 1.29 is 9.90 Å². The Bertz CT molecular complexity index is 697. The van der Waals surface area contributed by atoms with Crippen molar-refractivity contribution in [3.05, 3.63) is 36.3 Å². The van der Waals surface area contributed by atoms with Crippen molar-refractivity contribution in [2.24, 2.45) is 5.92 Å². The summed E-state index contributed by atoms with van der Waals surface area (Å²) in [7, 11) is 0. The zero-order chi connectivity index (χ0) is 16.9. The Hall–Kier alpha value is -2.50. The molecule has 1 saturated heterocycles. The fourth-order valence-corrected chi connectivity index (χ4v) is 3.01. The van der Waals surface area contributed by atoms with Crippen LogP contribution in [0.15, 0.2) is 30.6 Å². The van der Waals surface area contributed by atoms with Crippen LogP contribution in [0.25, 0.3) is 11.4 Å². The Morgan fingerprint density at radius 3 is 2.58 bits per heavy atom. The molecule has 0 radical (unpaired) electrons. The van der Waals surface area contributed by atoms with E-state index in [9.17, 15) is 4.79 Å². The number of hydrogen-bond donors (Lipinski definition) is 1. The normalized spacial score (nSPS) is 15.5.